The number of amides is 1. The number of benzene rings is 1. The van der Waals surface area contributed by atoms with E-state index < -0.39 is 0 Å². The van der Waals surface area contributed by atoms with E-state index in [4.69, 9.17) is 16.3 Å². The molecule has 1 aliphatic rings. The lowest BCUT2D eigenvalue weighted by atomic mass is 9.90. The Morgan fingerprint density at radius 3 is 2.81 bits per heavy atom. The number of hydrogen-bond donors (Lipinski definition) is 1. The molecule has 1 aromatic carbocycles. The van der Waals surface area contributed by atoms with Crippen molar-refractivity contribution in [2.75, 3.05) is 11.1 Å². The Kier molecular flexibility index (Phi) is 7.64. The molecule has 2 aromatic heterocycles. The summed E-state index contributed by atoms with van der Waals surface area (Å²) in [7, 11) is 1.85. The molecule has 0 spiro atoms. The van der Waals surface area contributed by atoms with Crippen LogP contribution in [0.4, 0.5) is 5.13 Å². The average Bonchev–Trinajstić information content (AvgIpc) is 3.41. The van der Waals surface area contributed by atoms with E-state index in [2.05, 4.69) is 25.7 Å². The molecule has 0 radical (unpaired) electrons. The number of halogens is 1. The van der Waals surface area contributed by atoms with Gasteiger partial charge in [-0.2, -0.15) is 0 Å². The van der Waals surface area contributed by atoms with Gasteiger partial charge in [-0.25, -0.2) is 0 Å². The Labute approximate surface area is 200 Å². The minimum atomic E-state index is -0.352. The summed E-state index contributed by atoms with van der Waals surface area (Å²) in [6.07, 6.45) is 5.74. The summed E-state index contributed by atoms with van der Waals surface area (Å²) in [6, 6.07) is 7.29. The zero-order valence-corrected chi connectivity index (χ0v) is 20.3. The number of ether oxygens (including phenoxy) is 1. The first kappa shape index (κ1) is 23.0. The molecule has 3 aromatic rings. The van der Waals surface area contributed by atoms with Crippen LogP contribution >= 0.6 is 34.7 Å². The molecule has 1 amide bonds. The number of thioether (sulfide) groups is 1. The van der Waals surface area contributed by atoms with Crippen molar-refractivity contribution in [2.45, 2.75) is 56.2 Å². The van der Waals surface area contributed by atoms with Crippen molar-refractivity contribution in [1.29, 1.82) is 0 Å². The van der Waals surface area contributed by atoms with E-state index in [-0.39, 0.29) is 17.8 Å². The Bertz CT molecular complexity index is 1070. The second-order valence-corrected chi connectivity index (χ2v) is 10.1. The molecule has 1 atom stereocenters. The summed E-state index contributed by atoms with van der Waals surface area (Å²) in [5.41, 5.74) is 0. The molecule has 0 saturated heterocycles. The summed E-state index contributed by atoms with van der Waals surface area (Å²) in [5, 5.41) is 22.5. The largest absolute Gasteiger partial charge is 0.481 e. The van der Waals surface area contributed by atoms with Crippen molar-refractivity contribution >= 4 is 45.7 Å². The van der Waals surface area contributed by atoms with Gasteiger partial charge in [-0.05, 0) is 31.9 Å². The quantitative estimate of drug-likeness (QED) is 0.429. The molecule has 2 heterocycles. The van der Waals surface area contributed by atoms with E-state index in [1.807, 2.05) is 36.7 Å². The van der Waals surface area contributed by atoms with E-state index in [0.29, 0.717) is 32.8 Å². The highest BCUT2D eigenvalue weighted by molar-refractivity contribution is 7.99. The van der Waals surface area contributed by atoms with Crippen LogP contribution in [0.2, 0.25) is 5.02 Å². The third-order valence-electron chi connectivity index (χ3n) is 5.35. The van der Waals surface area contributed by atoms with Crippen LogP contribution < -0.4 is 10.1 Å². The van der Waals surface area contributed by atoms with Gasteiger partial charge in [-0.1, -0.05) is 66.1 Å². The van der Waals surface area contributed by atoms with Crippen LogP contribution in [0.15, 0.2) is 29.4 Å². The lowest BCUT2D eigenvalue weighted by Gasteiger charge is -2.18. The molecule has 0 bridgehead atoms. The maximum absolute atomic E-state index is 12.4. The fourth-order valence-corrected chi connectivity index (χ4v) is 5.50. The molecule has 170 valence electrons. The van der Waals surface area contributed by atoms with Crippen molar-refractivity contribution in [3.63, 3.8) is 0 Å². The number of nitrogens with zero attached hydrogens (tertiary/aromatic N) is 5. The topological polar surface area (TPSA) is 94.8 Å². The molecule has 1 aliphatic carbocycles. The lowest BCUT2D eigenvalue weighted by Crippen LogP contribution is -2.14. The van der Waals surface area contributed by atoms with E-state index >= 15 is 0 Å². The van der Waals surface area contributed by atoms with Crippen LogP contribution in [-0.2, 0) is 11.8 Å². The average molecular weight is 493 g/mol. The third kappa shape index (κ3) is 5.60. The molecule has 1 fully saturated rings. The van der Waals surface area contributed by atoms with Crippen molar-refractivity contribution in [1.82, 2.24) is 25.0 Å². The second kappa shape index (κ2) is 10.6. The Hall–Kier alpha value is -2.17. The predicted octanol–water partition coefficient (Wildman–Crippen LogP) is 5.24. The van der Waals surface area contributed by atoms with Gasteiger partial charge in [-0.3, -0.25) is 10.1 Å². The number of anilines is 1. The zero-order chi connectivity index (χ0) is 22.5. The Morgan fingerprint density at radius 1 is 1.25 bits per heavy atom. The van der Waals surface area contributed by atoms with Crippen molar-refractivity contribution < 1.29 is 9.53 Å². The normalized spacial score (nSPS) is 15.5. The fraction of sp³-hybridized carbons (Fsp3) is 0.476. The monoisotopic (exact) mass is 492 g/mol. The predicted molar refractivity (Wildman–Crippen MR) is 127 cm³/mol. The van der Waals surface area contributed by atoms with Gasteiger partial charge in [0.15, 0.2) is 17.1 Å². The number of aromatic nitrogens is 5. The third-order valence-corrected chi connectivity index (χ3v) is 7.68. The van der Waals surface area contributed by atoms with Gasteiger partial charge in [-0.15, -0.1) is 20.4 Å². The van der Waals surface area contributed by atoms with Crippen molar-refractivity contribution in [3.8, 4) is 5.75 Å². The van der Waals surface area contributed by atoms with Crippen LogP contribution in [0, 0.1) is 0 Å². The van der Waals surface area contributed by atoms with Crippen LogP contribution in [0.1, 0.15) is 61.9 Å². The van der Waals surface area contributed by atoms with Gasteiger partial charge in [0, 0.05) is 13.0 Å². The highest BCUT2D eigenvalue weighted by atomic mass is 35.5. The second-order valence-electron chi connectivity index (χ2n) is 7.71. The maximum Gasteiger partial charge on any atom is 0.236 e. The summed E-state index contributed by atoms with van der Waals surface area (Å²) in [5.74, 6) is 1.76. The first-order valence-electron chi connectivity index (χ1n) is 10.6. The van der Waals surface area contributed by atoms with Gasteiger partial charge in [0.05, 0.1) is 10.8 Å². The molecule has 32 heavy (non-hydrogen) atoms. The number of carbonyl (C=O) groups excluding carboxylic acids is 1. The minimum Gasteiger partial charge on any atom is -0.481 e. The van der Waals surface area contributed by atoms with Gasteiger partial charge in [0.1, 0.15) is 10.8 Å². The smallest absolute Gasteiger partial charge is 0.236 e. The number of nitrogens with one attached hydrogen (secondary N) is 1. The summed E-state index contributed by atoms with van der Waals surface area (Å²) >= 11 is 8.96. The molecule has 4 rings (SSSR count). The standard InChI is InChI=1S/C21H25ClN6O2S2/c1-13(30-16-11-7-6-10-15(16)22)18-24-27-21(28(18)2)31-12-17(29)23-20-26-25-19(32-20)14-8-4-3-5-9-14/h6-7,10-11,13-14H,3-5,8-9,12H2,1-2H3,(H,23,26,29). The number of hydrogen-bond acceptors (Lipinski definition) is 8. The SMILES string of the molecule is CC(Oc1ccccc1Cl)c1nnc(SCC(=O)Nc2nnc(C3CCCCC3)s2)n1C. The summed E-state index contributed by atoms with van der Waals surface area (Å²) < 4.78 is 7.75. The van der Waals surface area contributed by atoms with Crippen LogP contribution in [0.3, 0.4) is 0 Å². The zero-order valence-electron chi connectivity index (χ0n) is 18.0. The number of para-hydroxylation sites is 1. The van der Waals surface area contributed by atoms with Gasteiger partial charge >= 0.3 is 0 Å². The molecule has 0 aliphatic heterocycles. The molecular weight excluding hydrogens is 468 g/mol. The number of rotatable bonds is 8. The van der Waals surface area contributed by atoms with Gasteiger partial charge in [0.25, 0.3) is 0 Å². The molecule has 1 N–H and O–H groups in total. The Balaban J connectivity index is 1.30. The fourth-order valence-electron chi connectivity index (χ4n) is 3.67. The van der Waals surface area contributed by atoms with Crippen LogP contribution in [0.25, 0.3) is 0 Å². The molecule has 1 unspecified atom stereocenters. The lowest BCUT2D eigenvalue weighted by molar-refractivity contribution is -0.113. The van der Waals surface area contributed by atoms with E-state index in [1.165, 1.54) is 42.4 Å². The van der Waals surface area contributed by atoms with Crippen molar-refractivity contribution in [2.24, 2.45) is 7.05 Å². The highest BCUT2D eigenvalue weighted by Gasteiger charge is 2.21. The first-order chi connectivity index (χ1) is 15.5. The Morgan fingerprint density at radius 2 is 2.03 bits per heavy atom. The maximum atomic E-state index is 12.4. The van der Waals surface area contributed by atoms with E-state index in [1.54, 1.807) is 6.07 Å². The highest BCUT2D eigenvalue weighted by Crippen LogP contribution is 2.35. The molecular formula is C21H25ClN6O2S2. The van der Waals surface area contributed by atoms with Gasteiger partial charge in [0.2, 0.25) is 11.0 Å². The van der Waals surface area contributed by atoms with Crippen molar-refractivity contribution in [3.05, 3.63) is 40.1 Å². The summed E-state index contributed by atoms with van der Waals surface area (Å²) in [4.78, 5) is 12.4. The summed E-state index contributed by atoms with van der Waals surface area (Å²) in [6.45, 7) is 1.88. The molecule has 8 nitrogen and oxygen atoms in total. The first-order valence-corrected chi connectivity index (χ1v) is 12.8. The van der Waals surface area contributed by atoms with Gasteiger partial charge < -0.3 is 9.30 Å². The molecule has 1 saturated carbocycles. The van der Waals surface area contributed by atoms with E-state index in [9.17, 15) is 4.79 Å². The minimum absolute atomic E-state index is 0.147. The number of carbonyl (C=O) groups is 1. The van der Waals surface area contributed by atoms with Crippen LogP contribution in [0.5, 0.6) is 5.75 Å². The molecule has 11 heteroatoms. The van der Waals surface area contributed by atoms with Crippen LogP contribution in [-0.4, -0.2) is 36.6 Å². The van der Waals surface area contributed by atoms with E-state index in [0.717, 1.165) is 17.8 Å².